The molecule has 3 atom stereocenters. The molecule has 0 aromatic carbocycles. The fourth-order valence-corrected chi connectivity index (χ4v) is 2.82. The predicted molar refractivity (Wildman–Crippen MR) is 74.5 cm³/mol. The summed E-state index contributed by atoms with van der Waals surface area (Å²) in [5, 5.41) is 14.2. The van der Waals surface area contributed by atoms with Crippen molar-refractivity contribution in [3.63, 3.8) is 0 Å². The zero-order valence-corrected chi connectivity index (χ0v) is 11.6. The Morgan fingerprint density at radius 2 is 2.28 bits per heavy atom. The van der Waals surface area contributed by atoms with Gasteiger partial charge in [-0.15, -0.1) is 0 Å². The van der Waals surface area contributed by atoms with Crippen LogP contribution in [-0.4, -0.2) is 28.8 Å². The molecule has 0 aliphatic carbocycles. The molecule has 4 nitrogen and oxygen atoms in total. The molecule has 1 aromatic rings. The van der Waals surface area contributed by atoms with Crippen molar-refractivity contribution < 1.29 is 0 Å². The minimum absolute atomic E-state index is 0.365. The Labute approximate surface area is 110 Å². The molecule has 3 unspecified atom stereocenters. The number of aromatic nitrogens is 2. The Kier molecular flexibility index (Phi) is 5.20. The van der Waals surface area contributed by atoms with Gasteiger partial charge in [0.25, 0.3) is 0 Å². The zero-order chi connectivity index (χ0) is 12.8. The third-order valence-corrected chi connectivity index (χ3v) is 3.85. The van der Waals surface area contributed by atoms with E-state index in [0.717, 1.165) is 0 Å². The largest absolute Gasteiger partial charge is 0.314 e. The summed E-state index contributed by atoms with van der Waals surface area (Å²) in [7, 11) is 0. The van der Waals surface area contributed by atoms with Gasteiger partial charge in [0.1, 0.15) is 0 Å². The molecule has 4 heteroatoms. The van der Waals surface area contributed by atoms with Crippen LogP contribution in [0, 0.1) is 0 Å². The maximum atomic E-state index is 4.00. The molecular formula is C14H26N4. The van der Waals surface area contributed by atoms with Crippen molar-refractivity contribution in [2.45, 2.75) is 64.1 Å². The standard InChI is InChI=1S/C14H26N4/c1-11(8-14-6-4-3-5-7-15-14)18-12(2)13-9-16-17-10-13/h9-12,14-15,18H,3-8H2,1-2H3,(H,16,17). The van der Waals surface area contributed by atoms with Crippen molar-refractivity contribution in [2.24, 2.45) is 0 Å². The van der Waals surface area contributed by atoms with Crippen LogP contribution in [-0.2, 0) is 0 Å². The lowest BCUT2D eigenvalue weighted by Crippen LogP contribution is -2.37. The van der Waals surface area contributed by atoms with Crippen LogP contribution in [0.15, 0.2) is 12.4 Å². The van der Waals surface area contributed by atoms with E-state index in [1.54, 1.807) is 0 Å². The number of rotatable bonds is 5. The third kappa shape index (κ3) is 4.10. The normalized spacial score (nSPS) is 24.4. The monoisotopic (exact) mass is 250 g/mol. The van der Waals surface area contributed by atoms with Crippen molar-refractivity contribution in [3.8, 4) is 0 Å². The highest BCUT2D eigenvalue weighted by molar-refractivity contribution is 5.08. The Morgan fingerprint density at radius 3 is 3.06 bits per heavy atom. The van der Waals surface area contributed by atoms with E-state index in [2.05, 4.69) is 34.7 Å². The van der Waals surface area contributed by atoms with Crippen molar-refractivity contribution in [3.05, 3.63) is 18.0 Å². The first-order chi connectivity index (χ1) is 8.75. The summed E-state index contributed by atoms with van der Waals surface area (Å²) >= 11 is 0. The van der Waals surface area contributed by atoms with E-state index in [-0.39, 0.29) is 0 Å². The van der Waals surface area contributed by atoms with E-state index in [9.17, 15) is 0 Å². The molecule has 102 valence electrons. The Balaban J connectivity index is 1.75. The van der Waals surface area contributed by atoms with E-state index in [1.165, 1.54) is 44.2 Å². The molecule has 1 aromatic heterocycles. The van der Waals surface area contributed by atoms with Crippen LogP contribution in [0.5, 0.6) is 0 Å². The van der Waals surface area contributed by atoms with E-state index in [0.29, 0.717) is 18.1 Å². The number of nitrogens with zero attached hydrogens (tertiary/aromatic N) is 1. The van der Waals surface area contributed by atoms with Crippen molar-refractivity contribution in [2.75, 3.05) is 6.54 Å². The summed E-state index contributed by atoms with van der Waals surface area (Å²) in [4.78, 5) is 0. The molecule has 0 radical (unpaired) electrons. The summed E-state index contributed by atoms with van der Waals surface area (Å²) in [5.74, 6) is 0. The van der Waals surface area contributed by atoms with Crippen LogP contribution in [0.1, 0.15) is 57.6 Å². The average molecular weight is 250 g/mol. The first-order valence-electron chi connectivity index (χ1n) is 7.24. The van der Waals surface area contributed by atoms with Gasteiger partial charge in [0.2, 0.25) is 0 Å². The van der Waals surface area contributed by atoms with Crippen LogP contribution in [0.2, 0.25) is 0 Å². The maximum Gasteiger partial charge on any atom is 0.0534 e. The minimum Gasteiger partial charge on any atom is -0.314 e. The highest BCUT2D eigenvalue weighted by Crippen LogP contribution is 2.15. The van der Waals surface area contributed by atoms with Crippen molar-refractivity contribution in [1.82, 2.24) is 20.8 Å². The number of hydrogen-bond acceptors (Lipinski definition) is 3. The Bertz CT molecular complexity index is 315. The third-order valence-electron chi connectivity index (χ3n) is 3.85. The summed E-state index contributed by atoms with van der Waals surface area (Å²) in [6.45, 7) is 5.67. The molecule has 0 bridgehead atoms. The number of nitrogens with one attached hydrogen (secondary N) is 3. The maximum absolute atomic E-state index is 4.00. The molecule has 1 fully saturated rings. The van der Waals surface area contributed by atoms with E-state index in [1.807, 2.05) is 12.4 Å². The predicted octanol–water partition coefficient (Wildman–Crippen LogP) is 2.37. The van der Waals surface area contributed by atoms with Gasteiger partial charge in [-0.25, -0.2) is 0 Å². The Hall–Kier alpha value is -0.870. The topological polar surface area (TPSA) is 52.7 Å². The van der Waals surface area contributed by atoms with Crippen molar-refractivity contribution in [1.29, 1.82) is 0 Å². The van der Waals surface area contributed by atoms with Crippen LogP contribution >= 0.6 is 0 Å². The van der Waals surface area contributed by atoms with Crippen LogP contribution < -0.4 is 10.6 Å². The van der Waals surface area contributed by atoms with Gasteiger partial charge in [-0.05, 0) is 39.7 Å². The minimum atomic E-state index is 0.365. The van der Waals surface area contributed by atoms with Gasteiger partial charge in [0.05, 0.1) is 6.20 Å². The first kappa shape index (κ1) is 13.6. The average Bonchev–Trinajstić information content (AvgIpc) is 2.76. The Morgan fingerprint density at radius 1 is 1.39 bits per heavy atom. The van der Waals surface area contributed by atoms with E-state index in [4.69, 9.17) is 0 Å². The smallest absolute Gasteiger partial charge is 0.0534 e. The molecule has 2 heterocycles. The lowest BCUT2D eigenvalue weighted by molar-refractivity contribution is 0.380. The highest BCUT2D eigenvalue weighted by Gasteiger charge is 2.16. The van der Waals surface area contributed by atoms with Gasteiger partial charge in [-0.2, -0.15) is 5.10 Å². The first-order valence-corrected chi connectivity index (χ1v) is 7.24. The second-order valence-corrected chi connectivity index (χ2v) is 5.56. The quantitative estimate of drug-likeness (QED) is 0.752. The van der Waals surface area contributed by atoms with Gasteiger partial charge in [-0.1, -0.05) is 12.8 Å². The lowest BCUT2D eigenvalue weighted by Gasteiger charge is -2.24. The number of hydrogen-bond donors (Lipinski definition) is 3. The summed E-state index contributed by atoms with van der Waals surface area (Å²) in [6, 6.07) is 1.58. The molecule has 0 spiro atoms. The number of H-pyrrole nitrogens is 1. The van der Waals surface area contributed by atoms with Gasteiger partial charge in [0.15, 0.2) is 0 Å². The fraction of sp³-hybridized carbons (Fsp3) is 0.786. The van der Waals surface area contributed by atoms with Gasteiger partial charge in [0, 0.05) is 29.9 Å². The van der Waals surface area contributed by atoms with E-state index < -0.39 is 0 Å². The molecule has 1 aliphatic rings. The zero-order valence-electron chi connectivity index (χ0n) is 11.6. The lowest BCUT2D eigenvalue weighted by atomic mass is 10.0. The molecule has 18 heavy (non-hydrogen) atoms. The molecule has 0 saturated carbocycles. The molecular weight excluding hydrogens is 224 g/mol. The fourth-order valence-electron chi connectivity index (χ4n) is 2.82. The molecule has 0 amide bonds. The second-order valence-electron chi connectivity index (χ2n) is 5.56. The van der Waals surface area contributed by atoms with Crippen molar-refractivity contribution >= 4 is 0 Å². The number of aromatic amines is 1. The van der Waals surface area contributed by atoms with E-state index >= 15 is 0 Å². The summed E-state index contributed by atoms with van der Waals surface area (Å²) in [5.41, 5.74) is 1.23. The SMILES string of the molecule is CC(CC1CCCCCN1)NC(C)c1cn[nH]c1. The molecule has 3 N–H and O–H groups in total. The summed E-state index contributed by atoms with van der Waals surface area (Å²) < 4.78 is 0. The molecule has 2 rings (SSSR count). The second kappa shape index (κ2) is 6.90. The molecule has 1 saturated heterocycles. The summed E-state index contributed by atoms with van der Waals surface area (Å²) in [6.07, 6.45) is 10.5. The molecule has 1 aliphatic heterocycles. The van der Waals surface area contributed by atoms with Crippen LogP contribution in [0.25, 0.3) is 0 Å². The van der Waals surface area contributed by atoms with Crippen LogP contribution in [0.4, 0.5) is 0 Å². The highest BCUT2D eigenvalue weighted by atomic mass is 15.1. The van der Waals surface area contributed by atoms with Gasteiger partial charge < -0.3 is 10.6 Å². The van der Waals surface area contributed by atoms with Crippen LogP contribution in [0.3, 0.4) is 0 Å². The van der Waals surface area contributed by atoms with Gasteiger partial charge >= 0.3 is 0 Å². The van der Waals surface area contributed by atoms with Gasteiger partial charge in [-0.3, -0.25) is 5.10 Å².